The van der Waals surface area contributed by atoms with E-state index in [4.69, 9.17) is 32.7 Å². The number of aryl methyl sites for hydroxylation is 1. The van der Waals surface area contributed by atoms with Crippen LogP contribution in [-0.4, -0.2) is 4.98 Å². The Balaban J connectivity index is 2.08. The summed E-state index contributed by atoms with van der Waals surface area (Å²) >= 11 is 6.16. The van der Waals surface area contributed by atoms with Crippen molar-refractivity contribution in [2.45, 2.75) is 6.92 Å². The third-order valence-electron chi connectivity index (χ3n) is 4.23. The van der Waals surface area contributed by atoms with Crippen molar-refractivity contribution in [3.05, 3.63) is 63.5 Å². The van der Waals surface area contributed by atoms with Gasteiger partial charge in [-0.05, 0) is 30.7 Å². The van der Waals surface area contributed by atoms with E-state index >= 15 is 0 Å². The van der Waals surface area contributed by atoms with Crippen molar-refractivity contribution >= 4 is 34.8 Å². The summed E-state index contributed by atoms with van der Waals surface area (Å²) in [6, 6.07) is 14.6. The van der Waals surface area contributed by atoms with Crippen molar-refractivity contribution in [2.75, 3.05) is 11.5 Å². The Hall–Kier alpha value is -4.25. The van der Waals surface area contributed by atoms with Crippen LogP contribution in [0.15, 0.2) is 34.7 Å². The molecule has 3 rings (SSSR count). The van der Waals surface area contributed by atoms with E-state index in [-0.39, 0.29) is 33.9 Å². The molecule has 0 saturated heterocycles. The molecule has 29 heavy (non-hydrogen) atoms. The molecule has 0 spiro atoms. The quantitative estimate of drug-likeness (QED) is 0.623. The third-order valence-corrected chi connectivity index (χ3v) is 4.64. The van der Waals surface area contributed by atoms with Crippen LogP contribution < -0.4 is 11.5 Å². The lowest BCUT2D eigenvalue weighted by Gasteiger charge is -2.08. The second-order valence-electron chi connectivity index (χ2n) is 6.07. The first-order chi connectivity index (χ1) is 13.9. The molecule has 7 nitrogen and oxygen atoms in total. The molecule has 0 atom stereocenters. The number of nitriles is 3. The van der Waals surface area contributed by atoms with Crippen molar-refractivity contribution in [1.82, 2.24) is 4.98 Å². The van der Waals surface area contributed by atoms with Gasteiger partial charge in [0.1, 0.15) is 52.4 Å². The summed E-state index contributed by atoms with van der Waals surface area (Å²) in [4.78, 5) is 4.03. The number of hydrogen-bond acceptors (Lipinski definition) is 7. The highest BCUT2D eigenvalue weighted by molar-refractivity contribution is 6.31. The fourth-order valence-electron chi connectivity index (χ4n) is 2.68. The highest BCUT2D eigenvalue weighted by Gasteiger charge is 2.19. The van der Waals surface area contributed by atoms with Gasteiger partial charge in [-0.2, -0.15) is 15.8 Å². The molecule has 0 bridgehead atoms. The molecule has 2 heterocycles. The van der Waals surface area contributed by atoms with Crippen LogP contribution in [0.25, 0.3) is 23.0 Å². The van der Waals surface area contributed by atoms with Crippen LogP contribution in [0.5, 0.6) is 0 Å². The van der Waals surface area contributed by atoms with E-state index in [1.165, 1.54) is 6.08 Å². The van der Waals surface area contributed by atoms with E-state index in [2.05, 4.69) is 4.98 Å². The standard InChI is InChI=1S/C21H13ClN6O/c1-11-2-3-12(7-17(11)22)18-5-4-14(29-18)6-13(8-23)20-15(9-24)19(26)16(10-25)21(27)28-20/h2-7H,1H3,(H4,26,27,28). The first-order valence-electron chi connectivity index (χ1n) is 8.27. The van der Waals surface area contributed by atoms with Crippen LogP contribution >= 0.6 is 11.6 Å². The van der Waals surface area contributed by atoms with Crippen molar-refractivity contribution in [3.8, 4) is 29.5 Å². The predicted molar refractivity (Wildman–Crippen MR) is 110 cm³/mol. The summed E-state index contributed by atoms with van der Waals surface area (Å²) in [7, 11) is 0. The van der Waals surface area contributed by atoms with Gasteiger partial charge in [0.05, 0.1) is 11.3 Å². The van der Waals surface area contributed by atoms with E-state index in [1.54, 1.807) is 24.3 Å². The second-order valence-corrected chi connectivity index (χ2v) is 6.48. The van der Waals surface area contributed by atoms with Gasteiger partial charge in [-0.1, -0.05) is 23.7 Å². The van der Waals surface area contributed by atoms with Crippen LogP contribution in [0.3, 0.4) is 0 Å². The molecule has 4 N–H and O–H groups in total. The monoisotopic (exact) mass is 400 g/mol. The maximum absolute atomic E-state index is 9.59. The van der Waals surface area contributed by atoms with Gasteiger partial charge in [0.15, 0.2) is 0 Å². The van der Waals surface area contributed by atoms with Gasteiger partial charge >= 0.3 is 0 Å². The Morgan fingerprint density at radius 3 is 2.45 bits per heavy atom. The topological polar surface area (TPSA) is 149 Å². The number of benzene rings is 1. The molecule has 1 aromatic carbocycles. The first-order valence-corrected chi connectivity index (χ1v) is 8.65. The first kappa shape index (κ1) is 19.5. The Kier molecular flexibility index (Phi) is 5.23. The molecular weight excluding hydrogens is 388 g/mol. The second kappa shape index (κ2) is 7.78. The number of nitrogens with two attached hydrogens (primary N) is 2. The van der Waals surface area contributed by atoms with E-state index in [0.717, 1.165) is 11.1 Å². The van der Waals surface area contributed by atoms with Crippen molar-refractivity contribution in [2.24, 2.45) is 0 Å². The SMILES string of the molecule is Cc1ccc(-c2ccc(C=C(C#N)c3nc(N)c(C#N)c(N)c3C#N)o2)cc1Cl. The van der Waals surface area contributed by atoms with Crippen LogP contribution in [-0.2, 0) is 0 Å². The van der Waals surface area contributed by atoms with Gasteiger partial charge in [-0.15, -0.1) is 0 Å². The van der Waals surface area contributed by atoms with Crippen LogP contribution in [0.4, 0.5) is 11.5 Å². The molecule has 0 radical (unpaired) electrons. The fourth-order valence-corrected chi connectivity index (χ4v) is 2.86. The Labute approximate surface area is 171 Å². The number of hydrogen-bond donors (Lipinski definition) is 2. The summed E-state index contributed by atoms with van der Waals surface area (Å²) in [5.74, 6) is 0.762. The molecule has 0 amide bonds. The van der Waals surface area contributed by atoms with Gasteiger partial charge < -0.3 is 15.9 Å². The lowest BCUT2D eigenvalue weighted by molar-refractivity contribution is 0.572. The van der Waals surface area contributed by atoms with Crippen molar-refractivity contribution < 1.29 is 4.42 Å². The number of pyridine rings is 1. The maximum atomic E-state index is 9.59. The smallest absolute Gasteiger partial charge is 0.144 e. The lowest BCUT2D eigenvalue weighted by Crippen LogP contribution is -2.07. The molecule has 0 aliphatic rings. The fraction of sp³-hybridized carbons (Fsp3) is 0.0476. The molecule has 3 aromatic rings. The zero-order valence-electron chi connectivity index (χ0n) is 15.2. The molecular formula is C21H13ClN6O. The van der Waals surface area contributed by atoms with Crippen LogP contribution in [0.2, 0.25) is 5.02 Å². The molecule has 8 heteroatoms. The van der Waals surface area contributed by atoms with Gasteiger partial charge in [-0.25, -0.2) is 4.98 Å². The molecule has 0 aliphatic heterocycles. The highest BCUT2D eigenvalue weighted by atomic mass is 35.5. The number of nitrogen functional groups attached to an aromatic ring is 2. The van der Waals surface area contributed by atoms with Gasteiger partial charge in [0.25, 0.3) is 0 Å². The zero-order chi connectivity index (χ0) is 21.1. The Morgan fingerprint density at radius 1 is 1.10 bits per heavy atom. The number of rotatable bonds is 3. The minimum absolute atomic E-state index is 0.0136. The molecule has 0 unspecified atom stereocenters. The van der Waals surface area contributed by atoms with E-state index in [0.29, 0.717) is 16.5 Å². The average Bonchev–Trinajstić information content (AvgIpc) is 3.17. The van der Waals surface area contributed by atoms with Gasteiger partial charge in [0, 0.05) is 16.7 Å². The predicted octanol–water partition coefficient (Wildman–Crippen LogP) is 4.28. The summed E-state index contributed by atoms with van der Waals surface area (Å²) in [5.41, 5.74) is 13.0. The molecule has 0 saturated carbocycles. The molecule has 140 valence electrons. The van der Waals surface area contributed by atoms with Crippen LogP contribution in [0.1, 0.15) is 28.1 Å². The zero-order valence-corrected chi connectivity index (χ0v) is 15.9. The third kappa shape index (κ3) is 3.61. The summed E-state index contributed by atoms with van der Waals surface area (Å²) in [5, 5.41) is 28.8. The Morgan fingerprint density at radius 2 is 1.83 bits per heavy atom. The normalized spacial score (nSPS) is 10.8. The number of anilines is 2. The average molecular weight is 401 g/mol. The number of allylic oxidation sites excluding steroid dienone is 1. The van der Waals surface area contributed by atoms with Crippen LogP contribution in [0, 0.1) is 40.9 Å². The number of furan rings is 1. The van der Waals surface area contributed by atoms with Gasteiger partial charge in [-0.3, -0.25) is 0 Å². The maximum Gasteiger partial charge on any atom is 0.144 e. The number of nitrogens with zero attached hydrogens (tertiary/aromatic N) is 4. The van der Waals surface area contributed by atoms with Gasteiger partial charge in [0.2, 0.25) is 0 Å². The highest BCUT2D eigenvalue weighted by Crippen LogP contribution is 2.31. The van der Waals surface area contributed by atoms with Crippen molar-refractivity contribution in [1.29, 1.82) is 15.8 Å². The molecule has 2 aromatic heterocycles. The lowest BCUT2D eigenvalue weighted by atomic mass is 10.0. The minimum Gasteiger partial charge on any atom is -0.457 e. The largest absolute Gasteiger partial charge is 0.457 e. The number of halogens is 1. The number of aromatic nitrogens is 1. The molecule has 0 aliphatic carbocycles. The minimum atomic E-state index is -0.158. The Bertz CT molecular complexity index is 1280. The summed E-state index contributed by atoms with van der Waals surface area (Å²) in [6.45, 7) is 1.90. The summed E-state index contributed by atoms with van der Waals surface area (Å²) in [6.07, 6.45) is 1.42. The molecule has 0 fully saturated rings. The summed E-state index contributed by atoms with van der Waals surface area (Å²) < 4.78 is 5.79. The van der Waals surface area contributed by atoms with E-state index in [1.807, 2.05) is 31.2 Å². The van der Waals surface area contributed by atoms with E-state index < -0.39 is 0 Å². The van der Waals surface area contributed by atoms with E-state index in [9.17, 15) is 10.5 Å². The van der Waals surface area contributed by atoms with Crippen molar-refractivity contribution in [3.63, 3.8) is 0 Å².